The van der Waals surface area contributed by atoms with Crippen molar-refractivity contribution in [3.63, 3.8) is 0 Å². The summed E-state index contributed by atoms with van der Waals surface area (Å²) in [4.78, 5) is 32.6. The Bertz CT molecular complexity index is 1870. The van der Waals surface area contributed by atoms with Crippen LogP contribution in [0.2, 0.25) is 0 Å². The first-order valence-corrected chi connectivity index (χ1v) is 14.8. The molecule has 8 nitrogen and oxygen atoms in total. The van der Waals surface area contributed by atoms with Gasteiger partial charge in [-0.1, -0.05) is 47.7 Å². The lowest BCUT2D eigenvalue weighted by Gasteiger charge is -2.25. The molecule has 0 amide bonds. The van der Waals surface area contributed by atoms with Crippen molar-refractivity contribution < 1.29 is 23.7 Å². The van der Waals surface area contributed by atoms with Gasteiger partial charge in [-0.05, 0) is 75.4 Å². The second-order valence-electron chi connectivity index (χ2n) is 10.0. The summed E-state index contributed by atoms with van der Waals surface area (Å²) >= 11 is 1.29. The van der Waals surface area contributed by atoms with Crippen LogP contribution in [0.3, 0.4) is 0 Å². The summed E-state index contributed by atoms with van der Waals surface area (Å²) in [6, 6.07) is 16.5. The number of hydrogen-bond donors (Lipinski definition) is 0. The molecule has 4 aromatic rings. The van der Waals surface area contributed by atoms with Gasteiger partial charge in [0.2, 0.25) is 0 Å². The smallest absolute Gasteiger partial charge is 0.338 e. The lowest BCUT2D eigenvalue weighted by atomic mass is 9.95. The Labute approximate surface area is 248 Å². The Hall–Kier alpha value is -4.37. The number of thiazole rings is 1. The molecule has 0 spiro atoms. The fourth-order valence-corrected chi connectivity index (χ4v) is 6.19. The van der Waals surface area contributed by atoms with Crippen molar-refractivity contribution in [2.75, 3.05) is 20.3 Å². The third-order valence-electron chi connectivity index (χ3n) is 6.89. The Morgan fingerprint density at radius 1 is 1.02 bits per heavy atom. The maximum absolute atomic E-state index is 14.1. The van der Waals surface area contributed by atoms with E-state index in [4.69, 9.17) is 23.9 Å². The minimum Gasteiger partial charge on any atom is -0.493 e. The van der Waals surface area contributed by atoms with Crippen LogP contribution < -0.4 is 29.1 Å². The van der Waals surface area contributed by atoms with Crippen LogP contribution in [0.25, 0.3) is 16.8 Å². The average Bonchev–Trinajstić information content (AvgIpc) is 3.27. The van der Waals surface area contributed by atoms with Gasteiger partial charge in [-0.2, -0.15) is 0 Å². The van der Waals surface area contributed by atoms with Gasteiger partial charge >= 0.3 is 5.97 Å². The topological polar surface area (TPSA) is 88.4 Å². The van der Waals surface area contributed by atoms with Gasteiger partial charge in [0.05, 0.1) is 48.3 Å². The Morgan fingerprint density at radius 2 is 1.76 bits per heavy atom. The van der Waals surface area contributed by atoms with Gasteiger partial charge in [0.15, 0.2) is 16.3 Å². The Kier molecular flexibility index (Phi) is 8.49. The van der Waals surface area contributed by atoms with Gasteiger partial charge in [0.25, 0.3) is 5.56 Å². The number of allylic oxidation sites excluding steroid dienone is 1. The highest BCUT2D eigenvalue weighted by molar-refractivity contribution is 7.07. The number of methoxy groups -OCH3 is 1. The van der Waals surface area contributed by atoms with E-state index < -0.39 is 12.0 Å². The van der Waals surface area contributed by atoms with Crippen LogP contribution in [0.5, 0.6) is 17.2 Å². The quantitative estimate of drug-likeness (QED) is 0.252. The molecule has 1 atom stereocenters. The fourth-order valence-electron chi connectivity index (χ4n) is 5.16. The summed E-state index contributed by atoms with van der Waals surface area (Å²) in [5.41, 5.74) is 2.12. The monoisotopic (exact) mass is 586 g/mol. The molecule has 5 rings (SSSR count). The van der Waals surface area contributed by atoms with Crippen LogP contribution in [0.4, 0.5) is 0 Å². The first-order valence-electron chi connectivity index (χ1n) is 14.0. The minimum atomic E-state index is -0.762. The molecule has 0 radical (unpaired) electrons. The van der Waals surface area contributed by atoms with E-state index in [2.05, 4.69) is 0 Å². The van der Waals surface area contributed by atoms with Gasteiger partial charge in [0.1, 0.15) is 5.75 Å². The summed E-state index contributed by atoms with van der Waals surface area (Å²) in [7, 11) is 1.56. The molecular formula is C33H34N2O6S. The van der Waals surface area contributed by atoms with Crippen molar-refractivity contribution in [1.29, 1.82) is 0 Å². The molecule has 1 aromatic heterocycles. The third kappa shape index (κ3) is 5.44. The summed E-state index contributed by atoms with van der Waals surface area (Å²) in [5.74, 6) is 1.35. The molecule has 0 saturated heterocycles. The molecule has 42 heavy (non-hydrogen) atoms. The molecule has 1 aliphatic heterocycles. The molecule has 0 bridgehead atoms. The van der Waals surface area contributed by atoms with Crippen molar-refractivity contribution in [3.8, 4) is 17.2 Å². The van der Waals surface area contributed by atoms with E-state index in [0.717, 1.165) is 22.1 Å². The second kappa shape index (κ2) is 12.2. The fraction of sp³-hybridized carbons (Fsp3) is 0.303. The third-order valence-corrected chi connectivity index (χ3v) is 7.87. The maximum atomic E-state index is 14.1. The van der Waals surface area contributed by atoms with Crippen molar-refractivity contribution in [2.45, 2.75) is 46.8 Å². The highest BCUT2D eigenvalue weighted by Crippen LogP contribution is 2.36. The van der Waals surface area contributed by atoms with Crippen LogP contribution in [-0.2, 0) is 9.53 Å². The second-order valence-corrected chi connectivity index (χ2v) is 11.0. The van der Waals surface area contributed by atoms with E-state index in [9.17, 15) is 9.59 Å². The summed E-state index contributed by atoms with van der Waals surface area (Å²) < 4.78 is 24.9. The number of ether oxygens (including phenoxy) is 4. The number of carbonyl (C=O) groups is 1. The lowest BCUT2D eigenvalue weighted by Crippen LogP contribution is -2.40. The molecule has 218 valence electrons. The highest BCUT2D eigenvalue weighted by Gasteiger charge is 2.34. The van der Waals surface area contributed by atoms with Gasteiger partial charge in [-0.3, -0.25) is 9.36 Å². The zero-order chi connectivity index (χ0) is 30.0. The molecule has 0 aliphatic carbocycles. The predicted octanol–water partition coefficient (Wildman–Crippen LogP) is 5.15. The van der Waals surface area contributed by atoms with Crippen LogP contribution >= 0.6 is 11.3 Å². The van der Waals surface area contributed by atoms with E-state index in [1.54, 1.807) is 37.7 Å². The normalized spacial score (nSPS) is 15.0. The van der Waals surface area contributed by atoms with E-state index in [1.807, 2.05) is 69.3 Å². The number of nitrogens with zero attached hydrogens (tertiary/aromatic N) is 2. The molecule has 3 aromatic carbocycles. The van der Waals surface area contributed by atoms with Gasteiger partial charge in [-0.15, -0.1) is 0 Å². The molecule has 0 unspecified atom stereocenters. The summed E-state index contributed by atoms with van der Waals surface area (Å²) in [6.07, 6.45) is 1.82. The standard InChI is InChI=1S/C33H34N2O6S/c1-7-39-25-15-13-21(23-11-9-10-12-24(23)25)18-28-31(36)35-30(22-14-16-26(41-19(3)4)27(17-22)38-6)29(32(37)40-8-2)20(5)34-33(35)42-28/h9-19,30H,7-8H2,1-6H3/b28-18-/t30-/m1/s1. The predicted molar refractivity (Wildman–Crippen MR) is 164 cm³/mol. The summed E-state index contributed by atoms with van der Waals surface area (Å²) in [5, 5.41) is 1.94. The largest absolute Gasteiger partial charge is 0.493 e. The van der Waals surface area contributed by atoms with E-state index >= 15 is 0 Å². The molecule has 0 saturated carbocycles. The number of benzene rings is 3. The van der Waals surface area contributed by atoms with Gasteiger partial charge in [0, 0.05) is 5.39 Å². The number of aromatic nitrogens is 1. The Balaban J connectivity index is 1.72. The van der Waals surface area contributed by atoms with Crippen molar-refractivity contribution >= 4 is 34.2 Å². The maximum Gasteiger partial charge on any atom is 0.338 e. The number of hydrogen-bond acceptors (Lipinski definition) is 8. The number of esters is 1. The van der Waals surface area contributed by atoms with Crippen LogP contribution in [-0.4, -0.2) is 37.0 Å². The molecule has 0 N–H and O–H groups in total. The van der Waals surface area contributed by atoms with E-state index in [1.165, 1.54) is 11.3 Å². The van der Waals surface area contributed by atoms with Crippen molar-refractivity contribution in [3.05, 3.63) is 96.7 Å². The van der Waals surface area contributed by atoms with Crippen LogP contribution in [0.1, 0.15) is 51.8 Å². The molecule has 0 fully saturated rings. The van der Waals surface area contributed by atoms with Crippen molar-refractivity contribution in [1.82, 2.24) is 4.57 Å². The number of rotatable bonds is 9. The van der Waals surface area contributed by atoms with E-state index in [-0.39, 0.29) is 18.3 Å². The molecular weight excluding hydrogens is 552 g/mol. The molecule has 1 aliphatic rings. The van der Waals surface area contributed by atoms with Crippen molar-refractivity contribution in [2.24, 2.45) is 4.99 Å². The van der Waals surface area contributed by atoms with Crippen LogP contribution in [0, 0.1) is 0 Å². The highest BCUT2D eigenvalue weighted by atomic mass is 32.1. The Morgan fingerprint density at radius 3 is 2.45 bits per heavy atom. The van der Waals surface area contributed by atoms with Gasteiger partial charge < -0.3 is 18.9 Å². The SMILES string of the molecule is CCOC(=O)C1=C(C)N=c2s/c(=C\c3ccc(OCC)c4ccccc34)c(=O)n2[C@@H]1c1ccc(OC(C)C)c(OC)c1. The average molecular weight is 587 g/mol. The van der Waals surface area contributed by atoms with Crippen LogP contribution in [0.15, 0.2) is 75.7 Å². The first-order chi connectivity index (χ1) is 20.3. The number of carbonyl (C=O) groups excluding carboxylic acids is 1. The number of fused-ring (bicyclic) bond motifs is 2. The lowest BCUT2D eigenvalue weighted by molar-refractivity contribution is -0.139. The minimum absolute atomic E-state index is 0.0571. The molecule has 9 heteroatoms. The zero-order valence-electron chi connectivity index (χ0n) is 24.6. The first kappa shape index (κ1) is 29.1. The summed E-state index contributed by atoms with van der Waals surface area (Å²) in [6.45, 7) is 10.1. The van der Waals surface area contributed by atoms with Gasteiger partial charge in [-0.25, -0.2) is 9.79 Å². The van der Waals surface area contributed by atoms with E-state index in [0.29, 0.717) is 44.3 Å². The molecule has 2 heterocycles. The zero-order valence-corrected chi connectivity index (χ0v) is 25.4.